The maximum atomic E-state index is 8.15. The molecule has 1 aliphatic carbocycles. The molecule has 15 heavy (non-hydrogen) atoms. The van der Waals surface area contributed by atoms with Gasteiger partial charge in [0, 0.05) is 12.0 Å². The standard InChI is InChI=1S/C14H14O/c1-2-6-11(7-3-1)14-10-12-8-4-5-9-13(12)15-14/h1-3,6-7,10H,4-5,8-9H2/i10D. The first kappa shape index (κ1) is 7.75. The van der Waals surface area contributed by atoms with Crippen LogP contribution in [-0.2, 0) is 12.8 Å². The van der Waals surface area contributed by atoms with Crippen molar-refractivity contribution in [1.82, 2.24) is 0 Å². The van der Waals surface area contributed by atoms with Crippen LogP contribution in [0.3, 0.4) is 0 Å². The Balaban J connectivity index is 2.12. The lowest BCUT2D eigenvalue weighted by molar-refractivity contribution is 0.487. The third-order valence-corrected chi connectivity index (χ3v) is 2.94. The Hall–Kier alpha value is -1.50. The Labute approximate surface area is 91.1 Å². The molecule has 0 N–H and O–H groups in total. The molecule has 1 aromatic heterocycles. The molecule has 0 amide bonds. The van der Waals surface area contributed by atoms with E-state index in [1.54, 1.807) is 0 Å². The van der Waals surface area contributed by atoms with Crippen LogP contribution >= 0.6 is 0 Å². The average molecular weight is 199 g/mol. The van der Waals surface area contributed by atoms with Crippen LogP contribution in [-0.4, -0.2) is 0 Å². The molecule has 0 aliphatic heterocycles. The van der Waals surface area contributed by atoms with Crippen LogP contribution in [0, 0.1) is 0 Å². The third kappa shape index (κ3) is 1.58. The zero-order valence-electron chi connectivity index (χ0n) is 9.62. The molecule has 2 aromatic rings. The fraction of sp³-hybridized carbons (Fsp3) is 0.286. The number of fused-ring (bicyclic) bond motifs is 1. The van der Waals surface area contributed by atoms with Gasteiger partial charge in [-0.1, -0.05) is 30.3 Å². The second kappa shape index (κ2) is 3.58. The van der Waals surface area contributed by atoms with Crippen LogP contribution in [0.4, 0.5) is 0 Å². The Morgan fingerprint density at radius 2 is 1.87 bits per heavy atom. The summed E-state index contributed by atoms with van der Waals surface area (Å²) in [4.78, 5) is 0. The molecular formula is C14H14O. The van der Waals surface area contributed by atoms with Crippen LogP contribution in [0.2, 0.25) is 0 Å². The first-order valence-electron chi connectivity index (χ1n) is 6.03. The summed E-state index contributed by atoms with van der Waals surface area (Å²) in [5.74, 6) is 1.78. The van der Waals surface area contributed by atoms with Gasteiger partial charge in [0.15, 0.2) is 0 Å². The fourth-order valence-electron chi connectivity index (χ4n) is 2.13. The van der Waals surface area contributed by atoms with E-state index in [0.29, 0.717) is 6.04 Å². The summed E-state index contributed by atoms with van der Waals surface area (Å²) in [7, 11) is 0. The number of hydrogen-bond donors (Lipinski definition) is 0. The summed E-state index contributed by atoms with van der Waals surface area (Å²) < 4.78 is 14.0. The highest BCUT2D eigenvalue weighted by Gasteiger charge is 2.15. The quantitative estimate of drug-likeness (QED) is 0.680. The van der Waals surface area contributed by atoms with Crippen molar-refractivity contribution in [2.75, 3.05) is 0 Å². The highest BCUT2D eigenvalue weighted by Crippen LogP contribution is 2.30. The van der Waals surface area contributed by atoms with Crippen molar-refractivity contribution in [2.24, 2.45) is 0 Å². The second-order valence-electron chi connectivity index (χ2n) is 4.03. The Morgan fingerprint density at radius 1 is 1.07 bits per heavy atom. The molecule has 1 heterocycles. The van der Waals surface area contributed by atoms with E-state index < -0.39 is 0 Å². The molecule has 1 aromatic carbocycles. The van der Waals surface area contributed by atoms with E-state index in [4.69, 9.17) is 5.79 Å². The van der Waals surface area contributed by atoms with Gasteiger partial charge in [0.05, 0.1) is 1.37 Å². The van der Waals surface area contributed by atoms with Crippen LogP contribution in [0.1, 0.15) is 25.5 Å². The molecule has 0 saturated carbocycles. The van der Waals surface area contributed by atoms with Gasteiger partial charge in [-0.15, -0.1) is 0 Å². The van der Waals surface area contributed by atoms with Crippen molar-refractivity contribution in [3.05, 3.63) is 47.7 Å². The molecule has 3 rings (SSSR count). The molecule has 1 nitrogen and oxygen atoms in total. The van der Waals surface area contributed by atoms with E-state index in [-0.39, 0.29) is 0 Å². The van der Waals surface area contributed by atoms with Gasteiger partial charge in [-0.25, -0.2) is 0 Å². The molecule has 0 saturated heterocycles. The Kier molecular flexibility index (Phi) is 1.85. The zero-order chi connectivity index (χ0) is 11.0. The molecule has 0 fully saturated rings. The minimum atomic E-state index is 0.598. The van der Waals surface area contributed by atoms with Crippen LogP contribution in [0.5, 0.6) is 0 Å². The van der Waals surface area contributed by atoms with Crippen molar-refractivity contribution in [3.8, 4) is 11.3 Å². The maximum Gasteiger partial charge on any atom is 0.134 e. The molecule has 1 heteroatoms. The van der Waals surface area contributed by atoms with Gasteiger partial charge in [-0.3, -0.25) is 0 Å². The third-order valence-electron chi connectivity index (χ3n) is 2.94. The molecular weight excluding hydrogens is 184 g/mol. The summed E-state index contributed by atoms with van der Waals surface area (Å²) in [6.45, 7) is 0. The van der Waals surface area contributed by atoms with Crippen molar-refractivity contribution in [1.29, 1.82) is 0 Å². The molecule has 1 aliphatic rings. The second-order valence-corrected chi connectivity index (χ2v) is 4.03. The van der Waals surface area contributed by atoms with E-state index >= 15 is 0 Å². The van der Waals surface area contributed by atoms with Crippen LogP contribution in [0.25, 0.3) is 11.3 Å². The van der Waals surface area contributed by atoms with Gasteiger partial charge < -0.3 is 4.42 Å². The maximum absolute atomic E-state index is 8.15. The number of furan rings is 1. The summed E-state index contributed by atoms with van der Waals surface area (Å²) in [6.07, 6.45) is 4.37. The van der Waals surface area contributed by atoms with E-state index in [0.717, 1.165) is 35.5 Å². The Morgan fingerprint density at radius 3 is 2.67 bits per heavy atom. The summed E-state index contributed by atoms with van der Waals surface area (Å²) in [6, 6.07) is 10.5. The highest BCUT2D eigenvalue weighted by atomic mass is 16.3. The van der Waals surface area contributed by atoms with Gasteiger partial charge in [-0.05, 0) is 30.9 Å². The minimum absolute atomic E-state index is 0.598. The predicted molar refractivity (Wildman–Crippen MR) is 60.8 cm³/mol. The molecule has 0 radical (unpaired) electrons. The molecule has 0 atom stereocenters. The minimum Gasteiger partial charge on any atom is -0.461 e. The molecule has 0 spiro atoms. The molecule has 0 bridgehead atoms. The smallest absolute Gasteiger partial charge is 0.134 e. The van der Waals surface area contributed by atoms with E-state index in [9.17, 15) is 0 Å². The number of benzene rings is 1. The largest absolute Gasteiger partial charge is 0.461 e. The zero-order valence-corrected chi connectivity index (χ0v) is 8.62. The summed E-state index contributed by atoms with van der Waals surface area (Å²) in [5.41, 5.74) is 2.15. The van der Waals surface area contributed by atoms with Gasteiger partial charge >= 0.3 is 0 Å². The van der Waals surface area contributed by atoms with Gasteiger partial charge in [-0.2, -0.15) is 0 Å². The SMILES string of the molecule is [2H]c1c(-c2ccccc2)oc2c1CCCC2. The van der Waals surface area contributed by atoms with E-state index in [1.165, 1.54) is 12.8 Å². The van der Waals surface area contributed by atoms with Crippen LogP contribution < -0.4 is 0 Å². The average Bonchev–Trinajstić information content (AvgIpc) is 2.69. The van der Waals surface area contributed by atoms with Gasteiger partial charge in [0.1, 0.15) is 11.5 Å². The van der Waals surface area contributed by atoms with E-state index in [2.05, 4.69) is 0 Å². The lowest BCUT2D eigenvalue weighted by atomic mass is 9.98. The first-order valence-corrected chi connectivity index (χ1v) is 5.53. The lowest BCUT2D eigenvalue weighted by Gasteiger charge is -2.07. The number of aryl methyl sites for hydroxylation is 1. The fourth-order valence-corrected chi connectivity index (χ4v) is 2.13. The predicted octanol–water partition coefficient (Wildman–Crippen LogP) is 3.83. The van der Waals surface area contributed by atoms with Crippen molar-refractivity contribution in [3.63, 3.8) is 0 Å². The summed E-state index contributed by atoms with van der Waals surface area (Å²) in [5, 5.41) is 0. The van der Waals surface area contributed by atoms with Crippen molar-refractivity contribution >= 4 is 0 Å². The number of rotatable bonds is 1. The Bertz CT molecular complexity index is 499. The lowest BCUT2D eigenvalue weighted by Crippen LogP contribution is -1.97. The van der Waals surface area contributed by atoms with Crippen molar-refractivity contribution < 1.29 is 5.79 Å². The number of hydrogen-bond acceptors (Lipinski definition) is 1. The van der Waals surface area contributed by atoms with Crippen LogP contribution in [0.15, 0.2) is 40.8 Å². The topological polar surface area (TPSA) is 13.1 Å². The van der Waals surface area contributed by atoms with Gasteiger partial charge in [0.2, 0.25) is 0 Å². The normalized spacial score (nSPS) is 15.9. The first-order chi connectivity index (χ1) is 7.86. The molecule has 76 valence electrons. The van der Waals surface area contributed by atoms with Gasteiger partial charge in [0.25, 0.3) is 0 Å². The van der Waals surface area contributed by atoms with E-state index in [1.807, 2.05) is 30.3 Å². The summed E-state index contributed by atoms with van der Waals surface area (Å²) >= 11 is 0. The van der Waals surface area contributed by atoms with Crippen molar-refractivity contribution in [2.45, 2.75) is 25.7 Å². The molecule has 0 unspecified atom stereocenters. The monoisotopic (exact) mass is 199 g/mol. The highest BCUT2D eigenvalue weighted by molar-refractivity contribution is 5.58.